The molecule has 0 bridgehead atoms. The summed E-state index contributed by atoms with van der Waals surface area (Å²) in [5.41, 5.74) is 4.46. The first-order valence-electron chi connectivity index (χ1n) is 5.36. The maximum absolute atomic E-state index is 12.0. The molecule has 0 saturated carbocycles. The molecule has 0 saturated heterocycles. The van der Waals surface area contributed by atoms with Crippen molar-refractivity contribution < 1.29 is 27.4 Å². The van der Waals surface area contributed by atoms with Crippen LogP contribution in [0.4, 0.5) is 18.9 Å². The molecule has 2 N–H and O–H groups in total. The molecule has 0 unspecified atom stereocenters. The van der Waals surface area contributed by atoms with E-state index in [4.69, 9.17) is 10.5 Å². The van der Waals surface area contributed by atoms with Gasteiger partial charge >= 0.3 is 12.3 Å². The number of nitrogens with two attached hydrogens (primary N) is 1. The third-order valence-corrected chi connectivity index (χ3v) is 1.87. The highest BCUT2D eigenvalue weighted by atomic mass is 19.4. The molecule has 0 atom stereocenters. The fraction of sp³-hybridized carbons (Fsp3) is 0.417. The predicted molar refractivity (Wildman–Crippen MR) is 62.7 cm³/mol. The number of anilines is 1. The minimum absolute atomic E-state index is 0.0574. The molecule has 0 aliphatic heterocycles. The highest BCUT2D eigenvalue weighted by Crippen LogP contribution is 2.29. The number of carbonyl (C=O) groups is 1. The average Bonchev–Trinajstić information content (AvgIpc) is 2.16. The molecule has 106 valence electrons. The number of esters is 1. The number of halogens is 3. The van der Waals surface area contributed by atoms with Gasteiger partial charge in [-0.1, -0.05) is 0 Å². The Kier molecular flexibility index (Phi) is 3.97. The number of hydrogen-bond donors (Lipinski definition) is 1. The zero-order valence-corrected chi connectivity index (χ0v) is 10.7. The van der Waals surface area contributed by atoms with Gasteiger partial charge < -0.3 is 15.2 Å². The number of rotatable bonds is 2. The van der Waals surface area contributed by atoms with Crippen LogP contribution in [0.3, 0.4) is 0 Å². The summed E-state index contributed by atoms with van der Waals surface area (Å²) in [6.45, 7) is 5.03. The lowest BCUT2D eigenvalue weighted by Gasteiger charge is -2.19. The zero-order valence-electron chi connectivity index (χ0n) is 10.7. The van der Waals surface area contributed by atoms with Gasteiger partial charge in [0.05, 0.1) is 11.3 Å². The van der Waals surface area contributed by atoms with Crippen molar-refractivity contribution in [1.82, 2.24) is 0 Å². The average molecular weight is 277 g/mol. The standard InChI is InChI=1S/C12H14F3NO3/c1-11(2,3)19-10(17)7-4-5-9(8(16)6-7)18-12(13,14)15/h4-6H,16H2,1-3H3. The number of hydrogen-bond acceptors (Lipinski definition) is 4. The van der Waals surface area contributed by atoms with Crippen molar-refractivity contribution in [3.63, 3.8) is 0 Å². The van der Waals surface area contributed by atoms with Gasteiger partial charge in [0.1, 0.15) is 5.60 Å². The lowest BCUT2D eigenvalue weighted by molar-refractivity contribution is -0.274. The number of ether oxygens (including phenoxy) is 2. The quantitative estimate of drug-likeness (QED) is 0.666. The molecular formula is C12H14F3NO3. The summed E-state index contributed by atoms with van der Waals surface area (Å²) in [5.74, 6) is -1.22. The Morgan fingerprint density at radius 3 is 2.21 bits per heavy atom. The highest BCUT2D eigenvalue weighted by molar-refractivity contribution is 5.91. The van der Waals surface area contributed by atoms with E-state index in [1.165, 1.54) is 0 Å². The van der Waals surface area contributed by atoms with Crippen molar-refractivity contribution >= 4 is 11.7 Å². The van der Waals surface area contributed by atoms with Crippen LogP contribution >= 0.6 is 0 Å². The van der Waals surface area contributed by atoms with Crippen LogP contribution in [-0.4, -0.2) is 17.9 Å². The van der Waals surface area contributed by atoms with Crippen molar-refractivity contribution in [3.05, 3.63) is 23.8 Å². The molecule has 0 spiro atoms. The second-order valence-electron chi connectivity index (χ2n) is 4.80. The maximum Gasteiger partial charge on any atom is 0.573 e. The summed E-state index contributed by atoms with van der Waals surface area (Å²) < 4.78 is 44.9. The molecule has 0 heterocycles. The fourth-order valence-corrected chi connectivity index (χ4v) is 1.23. The summed E-state index contributed by atoms with van der Waals surface area (Å²) in [7, 11) is 0. The summed E-state index contributed by atoms with van der Waals surface area (Å²) in [5, 5.41) is 0. The Morgan fingerprint density at radius 1 is 1.21 bits per heavy atom. The van der Waals surface area contributed by atoms with Gasteiger partial charge in [-0.3, -0.25) is 0 Å². The Balaban J connectivity index is 2.91. The topological polar surface area (TPSA) is 61.5 Å². The normalized spacial score (nSPS) is 12.1. The lowest BCUT2D eigenvalue weighted by atomic mass is 10.1. The van der Waals surface area contributed by atoms with Crippen LogP contribution in [0.15, 0.2) is 18.2 Å². The molecule has 4 nitrogen and oxygen atoms in total. The molecular weight excluding hydrogens is 263 g/mol. The van der Waals surface area contributed by atoms with E-state index in [0.29, 0.717) is 0 Å². The van der Waals surface area contributed by atoms with Gasteiger partial charge in [-0.15, -0.1) is 13.2 Å². The van der Waals surface area contributed by atoms with Crippen LogP contribution in [-0.2, 0) is 4.74 Å². The van der Waals surface area contributed by atoms with Crippen LogP contribution < -0.4 is 10.5 Å². The van der Waals surface area contributed by atoms with Crippen LogP contribution in [0.25, 0.3) is 0 Å². The SMILES string of the molecule is CC(C)(C)OC(=O)c1ccc(OC(F)(F)F)c(N)c1. The van der Waals surface area contributed by atoms with Gasteiger partial charge in [-0.2, -0.15) is 0 Å². The van der Waals surface area contributed by atoms with E-state index in [2.05, 4.69) is 4.74 Å². The van der Waals surface area contributed by atoms with E-state index < -0.39 is 23.7 Å². The number of carbonyl (C=O) groups excluding carboxylic acids is 1. The predicted octanol–water partition coefficient (Wildman–Crippen LogP) is 3.12. The molecule has 1 aromatic carbocycles. The third-order valence-electron chi connectivity index (χ3n) is 1.87. The Hall–Kier alpha value is -1.92. The fourth-order valence-electron chi connectivity index (χ4n) is 1.23. The minimum Gasteiger partial charge on any atom is -0.456 e. The van der Waals surface area contributed by atoms with Gasteiger partial charge in [-0.25, -0.2) is 4.79 Å². The molecule has 0 aromatic heterocycles. The van der Waals surface area contributed by atoms with Crippen molar-refractivity contribution in [2.45, 2.75) is 32.7 Å². The van der Waals surface area contributed by atoms with Gasteiger partial charge in [0.2, 0.25) is 0 Å². The van der Waals surface area contributed by atoms with Crippen molar-refractivity contribution in [3.8, 4) is 5.75 Å². The van der Waals surface area contributed by atoms with E-state index in [9.17, 15) is 18.0 Å². The first-order valence-corrected chi connectivity index (χ1v) is 5.36. The summed E-state index contributed by atoms with van der Waals surface area (Å²) >= 11 is 0. The van der Waals surface area contributed by atoms with Crippen molar-refractivity contribution in [1.29, 1.82) is 0 Å². The van der Waals surface area contributed by atoms with E-state index >= 15 is 0 Å². The molecule has 1 rings (SSSR count). The van der Waals surface area contributed by atoms with E-state index in [-0.39, 0.29) is 11.3 Å². The summed E-state index contributed by atoms with van der Waals surface area (Å²) in [6.07, 6.45) is -4.83. The van der Waals surface area contributed by atoms with Crippen LogP contribution in [0, 0.1) is 0 Å². The zero-order chi connectivity index (χ0) is 14.8. The Bertz CT molecular complexity index is 478. The number of nitrogen functional groups attached to an aromatic ring is 1. The molecule has 0 fully saturated rings. The molecule has 19 heavy (non-hydrogen) atoms. The van der Waals surface area contributed by atoms with E-state index in [1.807, 2.05) is 0 Å². The molecule has 0 aliphatic rings. The van der Waals surface area contributed by atoms with Gasteiger partial charge in [0.15, 0.2) is 5.75 Å². The van der Waals surface area contributed by atoms with Gasteiger partial charge in [-0.05, 0) is 39.0 Å². The highest BCUT2D eigenvalue weighted by Gasteiger charge is 2.32. The summed E-state index contributed by atoms with van der Waals surface area (Å²) in [4.78, 5) is 11.7. The second kappa shape index (κ2) is 4.99. The minimum atomic E-state index is -4.83. The molecule has 0 amide bonds. The Morgan fingerprint density at radius 2 is 1.79 bits per heavy atom. The number of benzene rings is 1. The third kappa shape index (κ3) is 5.07. The smallest absolute Gasteiger partial charge is 0.456 e. The van der Waals surface area contributed by atoms with Crippen LogP contribution in [0.1, 0.15) is 31.1 Å². The largest absolute Gasteiger partial charge is 0.573 e. The Labute approximate surface area is 108 Å². The van der Waals surface area contributed by atoms with Crippen molar-refractivity contribution in [2.24, 2.45) is 0 Å². The lowest BCUT2D eigenvalue weighted by Crippen LogP contribution is -2.24. The first-order chi connectivity index (χ1) is 8.48. The molecule has 0 radical (unpaired) electrons. The van der Waals surface area contributed by atoms with E-state index in [1.54, 1.807) is 20.8 Å². The summed E-state index contributed by atoms with van der Waals surface area (Å²) in [6, 6.07) is 3.21. The number of alkyl halides is 3. The molecule has 0 aliphatic carbocycles. The monoisotopic (exact) mass is 277 g/mol. The van der Waals surface area contributed by atoms with E-state index in [0.717, 1.165) is 18.2 Å². The second-order valence-corrected chi connectivity index (χ2v) is 4.80. The maximum atomic E-state index is 12.0. The van der Waals surface area contributed by atoms with Gasteiger partial charge in [0, 0.05) is 0 Å². The van der Waals surface area contributed by atoms with Gasteiger partial charge in [0.25, 0.3) is 0 Å². The van der Waals surface area contributed by atoms with Crippen LogP contribution in [0.5, 0.6) is 5.75 Å². The molecule has 7 heteroatoms. The van der Waals surface area contributed by atoms with Crippen molar-refractivity contribution in [2.75, 3.05) is 5.73 Å². The first kappa shape index (κ1) is 15.1. The van der Waals surface area contributed by atoms with Crippen LogP contribution in [0.2, 0.25) is 0 Å². The molecule has 1 aromatic rings.